The third-order valence-electron chi connectivity index (χ3n) is 7.01. The van der Waals surface area contributed by atoms with E-state index in [0.29, 0.717) is 37.3 Å². The Balaban J connectivity index is 2.10. The first-order valence-electron chi connectivity index (χ1n) is 13.3. The Labute approximate surface area is 224 Å². The van der Waals surface area contributed by atoms with E-state index < -0.39 is 30.5 Å². The van der Waals surface area contributed by atoms with Gasteiger partial charge in [-0.25, -0.2) is 4.39 Å². The molecule has 38 heavy (non-hydrogen) atoms. The predicted octanol–water partition coefficient (Wildman–Crippen LogP) is 2.72. The number of hydrogen-bond donors (Lipinski definition) is 3. The Morgan fingerprint density at radius 3 is 2.32 bits per heavy atom. The quantitative estimate of drug-likeness (QED) is 0.191. The average molecular weight is 532 g/mol. The molecule has 0 radical (unpaired) electrons. The predicted molar refractivity (Wildman–Crippen MR) is 145 cm³/mol. The van der Waals surface area contributed by atoms with Crippen LogP contribution in [0.25, 0.3) is 0 Å². The minimum atomic E-state index is -1.16. The third-order valence-corrected chi connectivity index (χ3v) is 7.01. The van der Waals surface area contributed by atoms with Crippen molar-refractivity contribution in [2.75, 3.05) is 19.8 Å². The van der Waals surface area contributed by atoms with E-state index in [0.717, 1.165) is 5.56 Å². The average Bonchev–Trinajstić information content (AvgIpc) is 3.38. The van der Waals surface area contributed by atoms with Crippen molar-refractivity contribution in [1.82, 2.24) is 10.2 Å². The van der Waals surface area contributed by atoms with E-state index in [4.69, 9.17) is 11.5 Å². The van der Waals surface area contributed by atoms with Crippen LogP contribution in [0.4, 0.5) is 4.39 Å². The summed E-state index contributed by atoms with van der Waals surface area (Å²) in [6, 6.07) is 5.75. The number of benzene rings is 1. The van der Waals surface area contributed by atoms with Gasteiger partial charge in [0, 0.05) is 31.0 Å². The van der Waals surface area contributed by atoms with Gasteiger partial charge in [0.1, 0.15) is 12.7 Å². The summed E-state index contributed by atoms with van der Waals surface area (Å²) >= 11 is 0. The minimum absolute atomic E-state index is 0.0751. The second-order valence-corrected chi connectivity index (χ2v) is 10.6. The Bertz CT molecular complexity index is 1010. The molecule has 0 bridgehead atoms. The van der Waals surface area contributed by atoms with Gasteiger partial charge in [-0.3, -0.25) is 24.2 Å². The lowest BCUT2D eigenvalue weighted by Gasteiger charge is -2.31. The van der Waals surface area contributed by atoms with Crippen LogP contribution in [0.15, 0.2) is 29.3 Å². The maximum atomic E-state index is 13.6. The van der Waals surface area contributed by atoms with E-state index in [1.807, 2.05) is 26.0 Å². The first-order valence-corrected chi connectivity index (χ1v) is 13.3. The summed E-state index contributed by atoms with van der Waals surface area (Å²) in [7, 11) is 0. The summed E-state index contributed by atoms with van der Waals surface area (Å²) in [4.78, 5) is 57.3. The number of nitrogens with zero attached hydrogens (tertiary/aromatic N) is 2. The molecule has 0 unspecified atom stereocenters. The molecule has 3 atom stereocenters. The number of hydrogen-bond acceptors (Lipinski definition) is 5. The highest BCUT2D eigenvalue weighted by Gasteiger charge is 2.39. The summed E-state index contributed by atoms with van der Waals surface area (Å²) in [5, 5.41) is 2.85. The lowest BCUT2D eigenvalue weighted by molar-refractivity contribution is -0.140. The van der Waals surface area contributed by atoms with Gasteiger partial charge in [0.2, 0.25) is 5.91 Å². The lowest BCUT2D eigenvalue weighted by atomic mass is 9.90. The van der Waals surface area contributed by atoms with Gasteiger partial charge < -0.3 is 21.7 Å². The number of aliphatic imine (C=N–C) groups is 1. The molecule has 1 aliphatic rings. The molecule has 0 aliphatic carbocycles. The van der Waals surface area contributed by atoms with Crippen LogP contribution in [-0.2, 0) is 14.4 Å². The number of guanidine groups is 1. The third kappa shape index (κ3) is 8.63. The minimum Gasteiger partial charge on any atom is -0.370 e. The van der Waals surface area contributed by atoms with Gasteiger partial charge >= 0.3 is 0 Å². The molecular weight excluding hydrogens is 489 g/mol. The number of nitrogens with two attached hydrogens (primary N) is 2. The molecule has 210 valence electrons. The Kier molecular flexibility index (Phi) is 11.9. The standard InChI is InChI=1S/C28H42FN5O4/c1-17(2)19-9-11-20(12-10-19)26(37)33-25(18(3)4)27(38)34-14-6-8-22(34)23(35)15-21(24(36)16-29)7-5-13-32-28(30)31/h9-12,17-18,21-22,25H,5-8,13-16H2,1-4H3,(H,33,37)(H4,30,31,32)/t21-,22+,25+/m1/s1. The first kappa shape index (κ1) is 30.9. The molecule has 1 heterocycles. The first-order chi connectivity index (χ1) is 18.0. The lowest BCUT2D eigenvalue weighted by Crippen LogP contribution is -2.54. The van der Waals surface area contributed by atoms with Crippen LogP contribution in [0.2, 0.25) is 0 Å². The molecule has 0 aromatic heterocycles. The highest BCUT2D eigenvalue weighted by molar-refractivity contribution is 5.99. The van der Waals surface area contributed by atoms with Crippen LogP contribution in [0.1, 0.15) is 81.6 Å². The van der Waals surface area contributed by atoms with Crippen molar-refractivity contribution in [1.29, 1.82) is 0 Å². The van der Waals surface area contributed by atoms with Gasteiger partial charge in [-0.2, -0.15) is 0 Å². The van der Waals surface area contributed by atoms with Crippen molar-refractivity contribution in [3.8, 4) is 0 Å². The van der Waals surface area contributed by atoms with Gasteiger partial charge in [0.15, 0.2) is 17.5 Å². The number of carbonyl (C=O) groups is 4. The van der Waals surface area contributed by atoms with Crippen LogP contribution >= 0.6 is 0 Å². The van der Waals surface area contributed by atoms with Crippen LogP contribution < -0.4 is 16.8 Å². The van der Waals surface area contributed by atoms with Gasteiger partial charge in [0.25, 0.3) is 5.91 Å². The van der Waals surface area contributed by atoms with E-state index in [2.05, 4.69) is 24.2 Å². The number of likely N-dealkylation sites (tertiary alicyclic amines) is 1. The fourth-order valence-electron chi connectivity index (χ4n) is 4.71. The summed E-state index contributed by atoms with van der Waals surface area (Å²) in [6.45, 7) is 7.30. The fourth-order valence-corrected chi connectivity index (χ4v) is 4.71. The maximum absolute atomic E-state index is 13.6. The Morgan fingerprint density at radius 1 is 1.11 bits per heavy atom. The largest absolute Gasteiger partial charge is 0.370 e. The van der Waals surface area contributed by atoms with E-state index >= 15 is 0 Å². The SMILES string of the molecule is CC(C)c1ccc(C(=O)N[C@H](C(=O)N2CCC[C@H]2C(=O)C[C@@H](CCCN=C(N)N)C(=O)CF)C(C)C)cc1. The Morgan fingerprint density at radius 2 is 1.76 bits per heavy atom. The number of alkyl halides is 1. The van der Waals surface area contributed by atoms with E-state index in [1.54, 1.807) is 12.1 Å². The van der Waals surface area contributed by atoms with Crippen molar-refractivity contribution in [2.24, 2.45) is 28.3 Å². The molecule has 1 aliphatic heterocycles. The molecule has 2 rings (SSSR count). The molecule has 1 saturated heterocycles. The van der Waals surface area contributed by atoms with E-state index in [1.165, 1.54) is 4.90 Å². The number of carbonyl (C=O) groups excluding carboxylic acids is 4. The smallest absolute Gasteiger partial charge is 0.251 e. The number of amides is 2. The van der Waals surface area contributed by atoms with Gasteiger partial charge in [-0.05, 0) is 55.2 Å². The molecule has 10 heteroatoms. The van der Waals surface area contributed by atoms with Crippen LogP contribution in [0.5, 0.6) is 0 Å². The number of rotatable bonds is 14. The second kappa shape index (κ2) is 14.6. The van der Waals surface area contributed by atoms with Crippen molar-refractivity contribution in [3.63, 3.8) is 0 Å². The molecule has 5 N–H and O–H groups in total. The molecule has 0 saturated carbocycles. The van der Waals surface area contributed by atoms with Crippen molar-refractivity contribution < 1.29 is 23.6 Å². The summed E-state index contributed by atoms with van der Waals surface area (Å²) < 4.78 is 13.2. The van der Waals surface area contributed by atoms with Gasteiger partial charge in [0.05, 0.1) is 6.04 Å². The second-order valence-electron chi connectivity index (χ2n) is 10.6. The van der Waals surface area contributed by atoms with E-state index in [-0.39, 0.29) is 48.9 Å². The number of nitrogens with one attached hydrogen (secondary N) is 1. The zero-order chi connectivity index (χ0) is 28.4. The molecule has 1 aromatic rings. The van der Waals surface area contributed by atoms with Crippen molar-refractivity contribution >= 4 is 29.3 Å². The summed E-state index contributed by atoms with van der Waals surface area (Å²) in [5.74, 6) is -2.36. The number of Topliss-reactive ketones (excluding diaryl/α,β-unsaturated/α-hetero) is 2. The zero-order valence-corrected chi connectivity index (χ0v) is 22.9. The number of ketones is 2. The Hall–Kier alpha value is -3.30. The van der Waals surface area contributed by atoms with Crippen LogP contribution in [0.3, 0.4) is 0 Å². The van der Waals surface area contributed by atoms with Gasteiger partial charge in [-0.15, -0.1) is 0 Å². The molecule has 2 amide bonds. The maximum Gasteiger partial charge on any atom is 0.251 e. The molecule has 1 fully saturated rings. The van der Waals surface area contributed by atoms with Crippen molar-refractivity contribution in [3.05, 3.63) is 35.4 Å². The molecule has 0 spiro atoms. The number of halogens is 1. The van der Waals surface area contributed by atoms with E-state index in [9.17, 15) is 23.6 Å². The normalized spacial score (nSPS) is 16.8. The molecule has 1 aromatic carbocycles. The van der Waals surface area contributed by atoms with Gasteiger partial charge in [-0.1, -0.05) is 39.8 Å². The topological polar surface area (TPSA) is 148 Å². The highest BCUT2D eigenvalue weighted by Crippen LogP contribution is 2.25. The zero-order valence-electron chi connectivity index (χ0n) is 22.9. The van der Waals surface area contributed by atoms with Crippen LogP contribution in [0, 0.1) is 11.8 Å². The van der Waals surface area contributed by atoms with Crippen LogP contribution in [-0.4, -0.2) is 66.1 Å². The summed E-state index contributed by atoms with van der Waals surface area (Å²) in [5.41, 5.74) is 12.2. The summed E-state index contributed by atoms with van der Waals surface area (Å²) in [6.07, 6.45) is 1.63. The van der Waals surface area contributed by atoms with Crippen molar-refractivity contribution in [2.45, 2.75) is 77.8 Å². The monoisotopic (exact) mass is 531 g/mol. The molecule has 9 nitrogen and oxygen atoms in total. The molecular formula is C28H42FN5O4. The fraction of sp³-hybridized carbons (Fsp3) is 0.607. The highest BCUT2D eigenvalue weighted by atomic mass is 19.1.